The fraction of sp³-hybridized carbons (Fsp3) is 0.308. The number of ether oxygens (including phenoxy) is 1. The van der Waals surface area contributed by atoms with Gasteiger partial charge < -0.3 is 4.74 Å². The number of allylic oxidation sites excluding steroid dienone is 3. The lowest BCUT2D eigenvalue weighted by Crippen LogP contribution is -2.20. The lowest BCUT2D eigenvalue weighted by molar-refractivity contribution is -0.145. The average molecular weight is 230 g/mol. The first-order valence-corrected chi connectivity index (χ1v) is 5.61. The fourth-order valence-electron chi connectivity index (χ4n) is 1.84. The SMILES string of the molecule is CCOC(=O)C1CC=CC=C1c1cncnc1. The molecule has 0 aliphatic heterocycles. The monoisotopic (exact) mass is 230 g/mol. The molecule has 0 amide bonds. The summed E-state index contributed by atoms with van der Waals surface area (Å²) in [5.41, 5.74) is 1.79. The molecule has 17 heavy (non-hydrogen) atoms. The van der Waals surface area contributed by atoms with Crippen molar-refractivity contribution in [3.63, 3.8) is 0 Å². The summed E-state index contributed by atoms with van der Waals surface area (Å²) in [5, 5.41) is 0. The van der Waals surface area contributed by atoms with Gasteiger partial charge in [-0.05, 0) is 18.9 Å². The smallest absolute Gasteiger partial charge is 0.313 e. The standard InChI is InChI=1S/C13H14N2O2/c1-2-17-13(16)12-6-4-3-5-11(12)10-7-14-9-15-8-10/h3-5,7-9,12H,2,6H2,1H3. The number of carbonyl (C=O) groups is 1. The molecule has 1 unspecified atom stereocenters. The van der Waals surface area contributed by atoms with Gasteiger partial charge in [0.2, 0.25) is 0 Å². The maximum atomic E-state index is 11.8. The number of aromatic nitrogens is 2. The van der Waals surface area contributed by atoms with Gasteiger partial charge >= 0.3 is 5.97 Å². The van der Waals surface area contributed by atoms with Crippen LogP contribution in [-0.4, -0.2) is 22.5 Å². The molecule has 2 rings (SSSR count). The Morgan fingerprint density at radius 1 is 1.47 bits per heavy atom. The van der Waals surface area contributed by atoms with Crippen LogP contribution in [-0.2, 0) is 9.53 Å². The molecule has 0 aromatic carbocycles. The molecule has 1 atom stereocenters. The van der Waals surface area contributed by atoms with E-state index in [1.54, 1.807) is 12.4 Å². The highest BCUT2D eigenvalue weighted by Crippen LogP contribution is 2.29. The summed E-state index contributed by atoms with van der Waals surface area (Å²) in [6, 6.07) is 0. The molecular weight excluding hydrogens is 216 g/mol. The Hall–Kier alpha value is -1.97. The first kappa shape index (κ1) is 11.5. The van der Waals surface area contributed by atoms with Gasteiger partial charge in [-0.1, -0.05) is 18.2 Å². The van der Waals surface area contributed by atoms with Gasteiger partial charge in [0, 0.05) is 18.0 Å². The van der Waals surface area contributed by atoms with E-state index >= 15 is 0 Å². The van der Waals surface area contributed by atoms with Gasteiger partial charge in [0.25, 0.3) is 0 Å². The van der Waals surface area contributed by atoms with Crippen LogP contribution in [0.5, 0.6) is 0 Å². The third kappa shape index (κ3) is 2.58. The third-order valence-corrected chi connectivity index (χ3v) is 2.62. The lowest BCUT2D eigenvalue weighted by Gasteiger charge is -2.19. The molecule has 4 heteroatoms. The van der Waals surface area contributed by atoms with Crippen LogP contribution in [0.25, 0.3) is 5.57 Å². The van der Waals surface area contributed by atoms with Gasteiger partial charge in [0.1, 0.15) is 6.33 Å². The van der Waals surface area contributed by atoms with Crippen LogP contribution in [0.1, 0.15) is 18.9 Å². The van der Waals surface area contributed by atoms with E-state index in [1.807, 2.05) is 25.2 Å². The van der Waals surface area contributed by atoms with E-state index in [0.717, 1.165) is 11.1 Å². The van der Waals surface area contributed by atoms with Gasteiger partial charge in [-0.15, -0.1) is 0 Å². The molecule has 0 N–H and O–H groups in total. The minimum absolute atomic E-state index is 0.188. The van der Waals surface area contributed by atoms with Crippen molar-refractivity contribution in [2.24, 2.45) is 5.92 Å². The molecule has 1 aliphatic rings. The van der Waals surface area contributed by atoms with Crippen molar-refractivity contribution in [1.82, 2.24) is 9.97 Å². The van der Waals surface area contributed by atoms with Crippen molar-refractivity contribution in [1.29, 1.82) is 0 Å². The molecule has 0 bridgehead atoms. The molecule has 1 heterocycles. The Morgan fingerprint density at radius 3 is 2.94 bits per heavy atom. The Balaban J connectivity index is 2.26. The van der Waals surface area contributed by atoms with E-state index in [9.17, 15) is 4.79 Å². The van der Waals surface area contributed by atoms with Crippen molar-refractivity contribution in [3.8, 4) is 0 Å². The number of nitrogens with zero attached hydrogens (tertiary/aromatic N) is 2. The summed E-state index contributed by atoms with van der Waals surface area (Å²) < 4.78 is 5.08. The second-order valence-electron chi connectivity index (χ2n) is 3.72. The van der Waals surface area contributed by atoms with E-state index in [4.69, 9.17) is 4.74 Å². The van der Waals surface area contributed by atoms with Gasteiger partial charge in [-0.3, -0.25) is 4.79 Å². The highest BCUT2D eigenvalue weighted by molar-refractivity contribution is 5.89. The molecule has 0 saturated heterocycles. The summed E-state index contributed by atoms with van der Waals surface area (Å²) in [6.07, 6.45) is 11.4. The number of carbonyl (C=O) groups excluding carboxylic acids is 1. The number of rotatable bonds is 3. The summed E-state index contributed by atoms with van der Waals surface area (Å²) >= 11 is 0. The van der Waals surface area contributed by atoms with Gasteiger partial charge in [0.05, 0.1) is 12.5 Å². The van der Waals surface area contributed by atoms with Crippen molar-refractivity contribution in [2.75, 3.05) is 6.61 Å². The predicted octanol–water partition coefficient (Wildman–Crippen LogP) is 2.00. The molecule has 0 spiro atoms. The summed E-state index contributed by atoms with van der Waals surface area (Å²) in [5.74, 6) is -0.432. The molecule has 1 aliphatic carbocycles. The molecule has 0 fully saturated rings. The second kappa shape index (κ2) is 5.39. The summed E-state index contributed by atoms with van der Waals surface area (Å²) in [6.45, 7) is 2.21. The quantitative estimate of drug-likeness (QED) is 0.745. The second-order valence-corrected chi connectivity index (χ2v) is 3.72. The lowest BCUT2D eigenvalue weighted by atomic mass is 9.88. The summed E-state index contributed by atoms with van der Waals surface area (Å²) in [4.78, 5) is 19.8. The zero-order chi connectivity index (χ0) is 12.1. The van der Waals surface area contributed by atoms with Gasteiger partial charge in [0.15, 0.2) is 0 Å². The maximum Gasteiger partial charge on any atom is 0.313 e. The predicted molar refractivity (Wildman–Crippen MR) is 63.9 cm³/mol. The van der Waals surface area contributed by atoms with Crippen LogP contribution >= 0.6 is 0 Å². The molecule has 1 aromatic heterocycles. The van der Waals surface area contributed by atoms with E-state index in [1.165, 1.54) is 6.33 Å². The van der Waals surface area contributed by atoms with E-state index in [0.29, 0.717) is 13.0 Å². The van der Waals surface area contributed by atoms with E-state index in [-0.39, 0.29) is 11.9 Å². The van der Waals surface area contributed by atoms with E-state index < -0.39 is 0 Å². The molecular formula is C13H14N2O2. The third-order valence-electron chi connectivity index (χ3n) is 2.62. The highest BCUT2D eigenvalue weighted by Gasteiger charge is 2.25. The first-order chi connectivity index (χ1) is 8.33. The average Bonchev–Trinajstić information content (AvgIpc) is 2.40. The van der Waals surface area contributed by atoms with Crippen LogP contribution < -0.4 is 0 Å². The van der Waals surface area contributed by atoms with Crippen LogP contribution in [0.15, 0.2) is 36.9 Å². The Kier molecular flexibility index (Phi) is 3.65. The minimum atomic E-state index is -0.244. The van der Waals surface area contributed by atoms with Crippen LogP contribution in [0.4, 0.5) is 0 Å². The molecule has 4 nitrogen and oxygen atoms in total. The number of hydrogen-bond acceptors (Lipinski definition) is 4. The van der Waals surface area contributed by atoms with Crippen LogP contribution in [0.2, 0.25) is 0 Å². The molecule has 1 aromatic rings. The maximum absolute atomic E-state index is 11.8. The topological polar surface area (TPSA) is 52.1 Å². The van der Waals surface area contributed by atoms with E-state index in [2.05, 4.69) is 9.97 Å². The first-order valence-electron chi connectivity index (χ1n) is 5.61. The van der Waals surface area contributed by atoms with Gasteiger partial charge in [-0.2, -0.15) is 0 Å². The largest absolute Gasteiger partial charge is 0.466 e. The minimum Gasteiger partial charge on any atom is -0.466 e. The zero-order valence-corrected chi connectivity index (χ0v) is 9.67. The summed E-state index contributed by atoms with van der Waals surface area (Å²) in [7, 11) is 0. The molecule has 88 valence electrons. The highest BCUT2D eigenvalue weighted by atomic mass is 16.5. The number of esters is 1. The van der Waals surface area contributed by atoms with Crippen LogP contribution in [0, 0.1) is 5.92 Å². The van der Waals surface area contributed by atoms with Gasteiger partial charge in [-0.25, -0.2) is 9.97 Å². The Morgan fingerprint density at radius 2 is 2.24 bits per heavy atom. The molecule has 0 saturated carbocycles. The number of hydrogen-bond donors (Lipinski definition) is 0. The van der Waals surface area contributed by atoms with Crippen molar-refractivity contribution >= 4 is 11.5 Å². The van der Waals surface area contributed by atoms with Crippen molar-refractivity contribution in [2.45, 2.75) is 13.3 Å². The molecule has 0 radical (unpaired) electrons. The normalized spacial score (nSPS) is 18.6. The fourth-order valence-corrected chi connectivity index (χ4v) is 1.84. The van der Waals surface area contributed by atoms with Crippen molar-refractivity contribution in [3.05, 3.63) is 42.5 Å². The van der Waals surface area contributed by atoms with Crippen molar-refractivity contribution < 1.29 is 9.53 Å². The Labute approximate surface area is 100 Å². The Bertz CT molecular complexity index is 452. The zero-order valence-electron chi connectivity index (χ0n) is 9.67. The van der Waals surface area contributed by atoms with Crippen LogP contribution in [0.3, 0.4) is 0 Å².